The molecule has 152 valence electrons. The van der Waals surface area contributed by atoms with Gasteiger partial charge in [-0.2, -0.15) is 9.78 Å². The van der Waals surface area contributed by atoms with Crippen LogP contribution in [-0.4, -0.2) is 58.8 Å². The SMILES string of the molecule is COc1cc(C=NNC(=O)c2c(C)nnn2-c2nonc2N)cc(OC)c1OC. The zero-order valence-corrected chi connectivity index (χ0v) is 16.0. The van der Waals surface area contributed by atoms with E-state index in [1.54, 1.807) is 19.1 Å². The number of anilines is 1. The van der Waals surface area contributed by atoms with Gasteiger partial charge >= 0.3 is 0 Å². The topological polar surface area (TPSA) is 165 Å². The molecule has 13 nitrogen and oxygen atoms in total. The smallest absolute Gasteiger partial charge is 0.292 e. The van der Waals surface area contributed by atoms with Gasteiger partial charge in [-0.1, -0.05) is 5.21 Å². The molecule has 3 aromatic rings. The molecule has 0 fully saturated rings. The van der Waals surface area contributed by atoms with Crippen LogP contribution in [0, 0.1) is 6.92 Å². The Labute approximate surface area is 164 Å². The number of aromatic nitrogens is 5. The first kappa shape index (κ1) is 19.6. The van der Waals surface area contributed by atoms with Gasteiger partial charge in [0.25, 0.3) is 5.91 Å². The van der Waals surface area contributed by atoms with Crippen molar-refractivity contribution < 1.29 is 23.6 Å². The summed E-state index contributed by atoms with van der Waals surface area (Å²) < 4.78 is 21.5. The summed E-state index contributed by atoms with van der Waals surface area (Å²) in [5.74, 6) is 0.770. The van der Waals surface area contributed by atoms with Crippen molar-refractivity contribution in [2.45, 2.75) is 6.92 Å². The first-order chi connectivity index (χ1) is 14.0. The highest BCUT2D eigenvalue weighted by Gasteiger charge is 2.22. The average Bonchev–Trinajstić information content (AvgIpc) is 3.31. The Morgan fingerprint density at radius 2 is 1.90 bits per heavy atom. The molecule has 13 heteroatoms. The van der Waals surface area contributed by atoms with Crippen molar-refractivity contribution in [2.24, 2.45) is 5.10 Å². The van der Waals surface area contributed by atoms with Gasteiger partial charge in [0.05, 0.1) is 33.2 Å². The van der Waals surface area contributed by atoms with Crippen LogP contribution in [0.2, 0.25) is 0 Å². The molecule has 0 aliphatic carbocycles. The Kier molecular flexibility index (Phi) is 5.57. The molecule has 2 aromatic heterocycles. The fraction of sp³-hybridized carbons (Fsp3) is 0.250. The van der Waals surface area contributed by atoms with Gasteiger partial charge in [0, 0.05) is 5.56 Å². The van der Waals surface area contributed by atoms with Crippen molar-refractivity contribution in [2.75, 3.05) is 27.1 Å². The number of hydrazone groups is 1. The van der Waals surface area contributed by atoms with E-state index < -0.39 is 5.91 Å². The Hall–Kier alpha value is -4.16. The number of amides is 1. The molecule has 1 amide bonds. The van der Waals surface area contributed by atoms with Crippen molar-refractivity contribution in [1.82, 2.24) is 30.7 Å². The van der Waals surface area contributed by atoms with Crippen LogP contribution >= 0.6 is 0 Å². The highest BCUT2D eigenvalue weighted by Crippen LogP contribution is 2.37. The van der Waals surface area contributed by atoms with Gasteiger partial charge in [-0.3, -0.25) is 4.79 Å². The van der Waals surface area contributed by atoms with Crippen LogP contribution in [0.1, 0.15) is 21.7 Å². The van der Waals surface area contributed by atoms with E-state index in [4.69, 9.17) is 19.9 Å². The van der Waals surface area contributed by atoms with E-state index in [0.29, 0.717) is 28.5 Å². The third-order valence-corrected chi connectivity index (χ3v) is 3.82. The van der Waals surface area contributed by atoms with Crippen molar-refractivity contribution in [1.29, 1.82) is 0 Å². The molecule has 0 radical (unpaired) electrons. The van der Waals surface area contributed by atoms with E-state index in [2.05, 4.69) is 35.8 Å². The zero-order valence-electron chi connectivity index (χ0n) is 16.0. The molecule has 0 spiro atoms. The lowest BCUT2D eigenvalue weighted by atomic mass is 10.2. The van der Waals surface area contributed by atoms with Crippen LogP contribution in [0.15, 0.2) is 21.9 Å². The maximum Gasteiger partial charge on any atom is 0.292 e. The minimum Gasteiger partial charge on any atom is -0.493 e. The average molecular weight is 402 g/mol. The van der Waals surface area contributed by atoms with Gasteiger partial charge in [0.2, 0.25) is 17.4 Å². The lowest BCUT2D eigenvalue weighted by Gasteiger charge is -2.12. The molecule has 0 saturated heterocycles. The minimum atomic E-state index is -0.585. The lowest BCUT2D eigenvalue weighted by Crippen LogP contribution is -2.22. The van der Waals surface area contributed by atoms with Gasteiger partial charge in [-0.15, -0.1) is 5.10 Å². The monoisotopic (exact) mass is 402 g/mol. The van der Waals surface area contributed by atoms with Crippen LogP contribution < -0.4 is 25.4 Å². The zero-order chi connectivity index (χ0) is 21.0. The number of benzene rings is 1. The Morgan fingerprint density at radius 3 is 2.45 bits per heavy atom. The van der Waals surface area contributed by atoms with E-state index in [0.717, 1.165) is 4.68 Å². The highest BCUT2D eigenvalue weighted by molar-refractivity contribution is 5.95. The lowest BCUT2D eigenvalue weighted by molar-refractivity contribution is 0.0946. The standard InChI is InChI=1S/C16H18N8O5/c1-8-12(24(23-19-8)15-14(17)21-29-22-15)16(25)20-18-7-9-5-10(26-2)13(28-4)11(6-9)27-3/h5-7H,1-4H3,(H2,17,21)(H,20,25). The summed E-state index contributed by atoms with van der Waals surface area (Å²) in [6.07, 6.45) is 1.41. The predicted octanol–water partition coefficient (Wildman–Crippen LogP) is 0.331. The summed E-state index contributed by atoms with van der Waals surface area (Å²) in [6.45, 7) is 1.60. The highest BCUT2D eigenvalue weighted by atomic mass is 16.6. The molecule has 29 heavy (non-hydrogen) atoms. The fourth-order valence-corrected chi connectivity index (χ4v) is 2.50. The van der Waals surface area contributed by atoms with Crippen molar-refractivity contribution >= 4 is 17.9 Å². The molecule has 0 bridgehead atoms. The van der Waals surface area contributed by atoms with E-state index in [9.17, 15) is 4.79 Å². The fourth-order valence-electron chi connectivity index (χ4n) is 2.50. The number of ether oxygens (including phenoxy) is 3. The number of methoxy groups -OCH3 is 3. The Morgan fingerprint density at radius 1 is 1.21 bits per heavy atom. The van der Waals surface area contributed by atoms with Gasteiger partial charge in [0.1, 0.15) is 0 Å². The minimum absolute atomic E-state index is 0.0372. The number of nitrogens with one attached hydrogen (secondary N) is 1. The number of nitrogens with two attached hydrogens (primary N) is 1. The van der Waals surface area contributed by atoms with E-state index >= 15 is 0 Å². The number of nitrogens with zero attached hydrogens (tertiary/aromatic N) is 6. The summed E-state index contributed by atoms with van der Waals surface area (Å²) in [5, 5.41) is 18.7. The van der Waals surface area contributed by atoms with Crippen LogP contribution in [0.4, 0.5) is 5.82 Å². The second kappa shape index (κ2) is 8.24. The molecule has 0 aliphatic rings. The first-order valence-electron chi connectivity index (χ1n) is 8.14. The molecule has 3 N–H and O–H groups in total. The van der Waals surface area contributed by atoms with Crippen LogP contribution in [0.5, 0.6) is 17.2 Å². The van der Waals surface area contributed by atoms with Crippen molar-refractivity contribution in [3.05, 3.63) is 29.1 Å². The molecule has 2 heterocycles. The van der Waals surface area contributed by atoms with Crippen molar-refractivity contribution in [3.8, 4) is 23.1 Å². The maximum atomic E-state index is 12.6. The van der Waals surface area contributed by atoms with E-state index in [1.807, 2.05) is 0 Å². The molecule has 0 aliphatic heterocycles. The van der Waals surface area contributed by atoms with E-state index in [-0.39, 0.29) is 17.3 Å². The third kappa shape index (κ3) is 3.78. The van der Waals surface area contributed by atoms with E-state index in [1.165, 1.54) is 27.5 Å². The van der Waals surface area contributed by atoms with Gasteiger partial charge < -0.3 is 19.9 Å². The van der Waals surface area contributed by atoms with Crippen LogP contribution in [-0.2, 0) is 0 Å². The number of rotatable bonds is 7. The van der Waals surface area contributed by atoms with Crippen molar-refractivity contribution in [3.63, 3.8) is 0 Å². The summed E-state index contributed by atoms with van der Waals surface area (Å²) >= 11 is 0. The summed E-state index contributed by atoms with van der Waals surface area (Å²) in [5.41, 5.74) is 9.07. The second-order valence-corrected chi connectivity index (χ2v) is 5.57. The molecular formula is C16H18N8O5. The number of carbonyl (C=O) groups is 1. The van der Waals surface area contributed by atoms with Gasteiger partial charge in [-0.05, 0) is 29.4 Å². The normalized spacial score (nSPS) is 10.9. The number of hydrogen-bond donors (Lipinski definition) is 2. The number of hydrogen-bond acceptors (Lipinski definition) is 11. The third-order valence-electron chi connectivity index (χ3n) is 3.82. The number of aryl methyl sites for hydroxylation is 1. The summed E-state index contributed by atoms with van der Waals surface area (Å²) in [7, 11) is 4.51. The van der Waals surface area contributed by atoms with Crippen LogP contribution in [0.3, 0.4) is 0 Å². The summed E-state index contributed by atoms with van der Waals surface area (Å²) in [4.78, 5) is 12.6. The number of carbonyl (C=O) groups excluding carboxylic acids is 1. The van der Waals surface area contributed by atoms with Gasteiger partial charge in [0.15, 0.2) is 17.2 Å². The van der Waals surface area contributed by atoms with Gasteiger partial charge in [-0.25, -0.2) is 10.1 Å². The molecule has 1 aromatic carbocycles. The molecule has 0 atom stereocenters. The van der Waals surface area contributed by atoms with Crippen LogP contribution in [0.25, 0.3) is 5.82 Å². The molecular weight excluding hydrogens is 384 g/mol. The first-order valence-corrected chi connectivity index (χ1v) is 8.14. The quantitative estimate of drug-likeness (QED) is 0.415. The molecule has 3 rings (SSSR count). The second-order valence-electron chi connectivity index (χ2n) is 5.57. The molecule has 0 unspecified atom stereocenters. The Bertz CT molecular complexity index is 1030. The largest absolute Gasteiger partial charge is 0.493 e. The predicted molar refractivity (Wildman–Crippen MR) is 99.5 cm³/mol. The maximum absolute atomic E-state index is 12.6. The Balaban J connectivity index is 1.83. The summed E-state index contributed by atoms with van der Waals surface area (Å²) in [6, 6.07) is 3.35. The number of nitrogen functional groups attached to an aromatic ring is 1. The molecule has 0 saturated carbocycles.